The highest BCUT2D eigenvalue weighted by atomic mass is 32.2. The van der Waals surface area contributed by atoms with Crippen molar-refractivity contribution in [3.63, 3.8) is 0 Å². The zero-order valence-corrected chi connectivity index (χ0v) is 16.7. The van der Waals surface area contributed by atoms with E-state index in [-0.39, 0.29) is 11.4 Å². The van der Waals surface area contributed by atoms with Crippen molar-refractivity contribution in [3.8, 4) is 0 Å². The predicted octanol–water partition coefficient (Wildman–Crippen LogP) is 4.05. The van der Waals surface area contributed by atoms with E-state index < -0.39 is 10.8 Å². The number of hydrogen-bond donors (Lipinski definition) is 0. The minimum atomic E-state index is -1.18. The molecule has 1 fully saturated rings. The summed E-state index contributed by atoms with van der Waals surface area (Å²) >= 11 is 0. The molecular weight excluding hydrogens is 361 g/mol. The summed E-state index contributed by atoms with van der Waals surface area (Å²) in [4.78, 5) is 3.13. The quantitative estimate of drug-likeness (QED) is 0.682. The van der Waals surface area contributed by atoms with Crippen LogP contribution in [0.4, 0.5) is 4.39 Å². The molecule has 2 aromatic rings. The summed E-state index contributed by atoms with van der Waals surface area (Å²) in [6, 6.07) is 16.5. The van der Waals surface area contributed by atoms with Crippen molar-refractivity contribution in [3.05, 3.63) is 66.0 Å². The Bertz CT molecular complexity index is 728. The van der Waals surface area contributed by atoms with Crippen molar-refractivity contribution < 1.29 is 13.3 Å². The van der Waals surface area contributed by atoms with Gasteiger partial charge in [-0.15, -0.1) is 0 Å². The van der Waals surface area contributed by atoms with Gasteiger partial charge in [-0.3, -0.25) is 4.21 Å². The maximum atomic E-state index is 13.1. The molecule has 0 saturated carbocycles. The lowest BCUT2D eigenvalue weighted by Crippen LogP contribution is -2.49. The smallest absolute Gasteiger partial charge is 0.123 e. The van der Waals surface area contributed by atoms with Gasteiger partial charge in [0.05, 0.1) is 22.2 Å². The van der Waals surface area contributed by atoms with Crippen LogP contribution in [0.2, 0.25) is 0 Å². The first-order valence-corrected chi connectivity index (χ1v) is 11.0. The lowest BCUT2D eigenvalue weighted by Gasteiger charge is -2.41. The number of hydrogen-bond acceptors (Lipinski definition) is 3. The Kier molecular flexibility index (Phi) is 7.16. The largest absolute Gasteiger partial charge is 0.374 e. The summed E-state index contributed by atoms with van der Waals surface area (Å²) in [5.41, 5.74) is 1.01. The molecule has 2 aromatic carbocycles. The maximum Gasteiger partial charge on any atom is 0.123 e. The summed E-state index contributed by atoms with van der Waals surface area (Å²) in [5, 5.41) is 0. The average molecular weight is 390 g/mol. The van der Waals surface area contributed by atoms with E-state index in [2.05, 4.69) is 29.2 Å². The van der Waals surface area contributed by atoms with Gasteiger partial charge in [-0.05, 0) is 56.0 Å². The van der Waals surface area contributed by atoms with Crippen LogP contribution < -0.4 is 0 Å². The van der Waals surface area contributed by atoms with Crippen molar-refractivity contribution >= 4 is 10.8 Å². The standard InChI is InChI=1S/C22H28FNO2S/c1-2-26-22(18-27(25)21-10-8-20(23)9-11-21)13-16-24(17-14-22)15-12-19-6-4-3-5-7-19/h3-11H,2,12-18H2,1H3. The summed E-state index contributed by atoms with van der Waals surface area (Å²) < 4.78 is 32.0. The van der Waals surface area contributed by atoms with E-state index in [1.54, 1.807) is 12.1 Å². The summed E-state index contributed by atoms with van der Waals surface area (Å²) in [5.74, 6) is 0.168. The highest BCUT2D eigenvalue weighted by Gasteiger charge is 2.37. The van der Waals surface area contributed by atoms with Gasteiger partial charge in [0.15, 0.2) is 0 Å². The maximum absolute atomic E-state index is 13.1. The van der Waals surface area contributed by atoms with Crippen molar-refractivity contribution in [2.75, 3.05) is 32.0 Å². The SMILES string of the molecule is CCOC1(CS(=O)c2ccc(F)cc2)CCN(CCc2ccccc2)CC1. The molecule has 0 aromatic heterocycles. The summed E-state index contributed by atoms with van der Waals surface area (Å²) in [6.45, 7) is 5.54. The van der Waals surface area contributed by atoms with Gasteiger partial charge < -0.3 is 9.64 Å². The van der Waals surface area contributed by atoms with Gasteiger partial charge >= 0.3 is 0 Å². The first-order chi connectivity index (χ1) is 13.1. The fourth-order valence-corrected chi connectivity index (χ4v) is 5.12. The van der Waals surface area contributed by atoms with E-state index in [4.69, 9.17) is 4.74 Å². The number of likely N-dealkylation sites (tertiary alicyclic amines) is 1. The average Bonchev–Trinajstić information content (AvgIpc) is 2.69. The number of ether oxygens (including phenoxy) is 1. The molecule has 0 aliphatic carbocycles. The van der Waals surface area contributed by atoms with Crippen LogP contribution >= 0.6 is 0 Å². The summed E-state index contributed by atoms with van der Waals surface area (Å²) in [6.07, 6.45) is 2.80. The van der Waals surface area contributed by atoms with Crippen molar-refractivity contribution in [1.29, 1.82) is 0 Å². The van der Waals surface area contributed by atoms with Crippen LogP contribution in [0.1, 0.15) is 25.3 Å². The fraction of sp³-hybridized carbons (Fsp3) is 0.455. The van der Waals surface area contributed by atoms with Gasteiger partial charge in [0, 0.05) is 31.1 Å². The van der Waals surface area contributed by atoms with Gasteiger partial charge in [0.25, 0.3) is 0 Å². The molecule has 0 N–H and O–H groups in total. The highest BCUT2D eigenvalue weighted by molar-refractivity contribution is 7.85. The van der Waals surface area contributed by atoms with Crippen LogP contribution in [0.5, 0.6) is 0 Å². The van der Waals surface area contributed by atoms with E-state index in [9.17, 15) is 8.60 Å². The van der Waals surface area contributed by atoms with Crippen LogP contribution in [-0.4, -0.2) is 46.7 Å². The predicted molar refractivity (Wildman–Crippen MR) is 108 cm³/mol. The zero-order chi connectivity index (χ0) is 19.1. The van der Waals surface area contributed by atoms with E-state index in [1.165, 1.54) is 17.7 Å². The molecule has 0 spiro atoms. The van der Waals surface area contributed by atoms with Gasteiger partial charge in [-0.2, -0.15) is 0 Å². The van der Waals surface area contributed by atoms with Gasteiger partial charge in [-0.1, -0.05) is 30.3 Å². The van der Waals surface area contributed by atoms with Crippen molar-refractivity contribution in [2.45, 2.75) is 36.7 Å². The Morgan fingerprint density at radius 2 is 1.74 bits per heavy atom. The molecule has 0 radical (unpaired) electrons. The molecular formula is C22H28FNO2S. The van der Waals surface area contributed by atoms with E-state index in [0.717, 1.165) is 38.9 Å². The first kappa shape index (κ1) is 20.2. The van der Waals surface area contributed by atoms with E-state index >= 15 is 0 Å². The zero-order valence-electron chi connectivity index (χ0n) is 15.9. The topological polar surface area (TPSA) is 29.5 Å². The molecule has 1 heterocycles. The Labute approximate surface area is 164 Å². The molecule has 1 atom stereocenters. The third-order valence-electron chi connectivity index (χ3n) is 5.25. The molecule has 3 nitrogen and oxygen atoms in total. The number of nitrogens with zero attached hydrogens (tertiary/aromatic N) is 1. The van der Waals surface area contributed by atoms with Gasteiger partial charge in [0.2, 0.25) is 0 Å². The fourth-order valence-electron chi connectivity index (χ4n) is 3.66. The Balaban J connectivity index is 1.56. The second-order valence-corrected chi connectivity index (χ2v) is 8.59. The molecule has 5 heteroatoms. The van der Waals surface area contributed by atoms with E-state index in [0.29, 0.717) is 17.3 Å². The van der Waals surface area contributed by atoms with Crippen LogP contribution in [0.15, 0.2) is 59.5 Å². The van der Waals surface area contributed by atoms with Crippen LogP contribution in [0, 0.1) is 5.82 Å². The minimum absolute atomic E-state index is 0.304. The second kappa shape index (κ2) is 9.58. The summed E-state index contributed by atoms with van der Waals surface area (Å²) in [7, 11) is -1.18. The first-order valence-electron chi connectivity index (χ1n) is 9.64. The Morgan fingerprint density at radius 3 is 2.37 bits per heavy atom. The molecule has 1 aliphatic rings. The van der Waals surface area contributed by atoms with Crippen LogP contribution in [-0.2, 0) is 22.0 Å². The molecule has 1 saturated heterocycles. The van der Waals surface area contributed by atoms with Gasteiger partial charge in [-0.25, -0.2) is 4.39 Å². The monoisotopic (exact) mass is 389 g/mol. The van der Waals surface area contributed by atoms with Crippen LogP contribution in [0.3, 0.4) is 0 Å². The second-order valence-electron chi connectivity index (χ2n) is 7.14. The number of piperidine rings is 1. The number of rotatable bonds is 8. The third kappa shape index (κ3) is 5.71. The molecule has 146 valence electrons. The number of halogens is 1. The van der Waals surface area contributed by atoms with E-state index in [1.807, 2.05) is 13.0 Å². The Hall–Kier alpha value is -1.56. The molecule has 0 amide bonds. The number of benzene rings is 2. The molecule has 0 bridgehead atoms. The van der Waals surface area contributed by atoms with Crippen molar-refractivity contribution in [1.82, 2.24) is 4.90 Å². The van der Waals surface area contributed by atoms with Gasteiger partial charge in [0.1, 0.15) is 5.82 Å². The molecule has 27 heavy (non-hydrogen) atoms. The third-order valence-corrected chi connectivity index (χ3v) is 6.83. The highest BCUT2D eigenvalue weighted by Crippen LogP contribution is 2.29. The lowest BCUT2D eigenvalue weighted by atomic mass is 9.92. The molecule has 1 unspecified atom stereocenters. The minimum Gasteiger partial charge on any atom is -0.374 e. The molecule has 3 rings (SSSR count). The Morgan fingerprint density at radius 1 is 1.07 bits per heavy atom. The van der Waals surface area contributed by atoms with Crippen LogP contribution in [0.25, 0.3) is 0 Å². The lowest BCUT2D eigenvalue weighted by molar-refractivity contribution is -0.0624. The normalized spacial score (nSPS) is 18.3. The molecule has 1 aliphatic heterocycles. The van der Waals surface area contributed by atoms with Crippen molar-refractivity contribution in [2.24, 2.45) is 0 Å².